The summed E-state index contributed by atoms with van der Waals surface area (Å²) >= 11 is 0. The molecule has 0 aliphatic rings. The average Bonchev–Trinajstić information content (AvgIpc) is 1.89. The molecule has 0 aromatic heterocycles. The highest BCUT2D eigenvalue weighted by molar-refractivity contribution is 4.99. The van der Waals surface area contributed by atoms with Gasteiger partial charge in [0.15, 0.2) is 0 Å². The van der Waals surface area contributed by atoms with E-state index in [0.717, 1.165) is 6.42 Å². The largest absolute Gasteiger partial charge is 0.395 e. The normalized spacial score (nSPS) is 11.9. The lowest BCUT2D eigenvalue weighted by molar-refractivity contribution is 0.267. The molecule has 0 radical (unpaired) electrons. The van der Waals surface area contributed by atoms with Crippen LogP contribution in [0.1, 0.15) is 19.8 Å². The lowest BCUT2D eigenvalue weighted by Crippen LogP contribution is -2.23. The van der Waals surface area contributed by atoms with E-state index in [1.165, 1.54) is 0 Å². The van der Waals surface area contributed by atoms with Gasteiger partial charge in [0.05, 0.1) is 6.61 Å². The van der Waals surface area contributed by atoms with Crippen molar-refractivity contribution in [2.45, 2.75) is 25.8 Å². The van der Waals surface area contributed by atoms with Crippen molar-refractivity contribution in [1.82, 2.24) is 0 Å². The van der Waals surface area contributed by atoms with E-state index in [4.69, 9.17) is 10.8 Å². The second-order valence-corrected chi connectivity index (χ2v) is 1.85. The van der Waals surface area contributed by atoms with Crippen LogP contribution in [-0.4, -0.2) is 17.8 Å². The second-order valence-electron chi connectivity index (χ2n) is 1.85. The molecule has 3 N–H and O–H groups in total. The van der Waals surface area contributed by atoms with Crippen molar-refractivity contribution in [1.29, 1.82) is 0 Å². The first-order chi connectivity index (χ1) is 4.31. The summed E-state index contributed by atoms with van der Waals surface area (Å²) in [6.45, 7) is 2.01. The van der Waals surface area contributed by atoms with Gasteiger partial charge in [-0.3, -0.25) is 0 Å². The Hall–Kier alpha value is -0.520. The van der Waals surface area contributed by atoms with E-state index in [0.29, 0.717) is 6.42 Å². The van der Waals surface area contributed by atoms with Gasteiger partial charge < -0.3 is 10.8 Å². The van der Waals surface area contributed by atoms with Gasteiger partial charge in [-0.2, -0.15) is 0 Å². The van der Waals surface area contributed by atoms with Crippen LogP contribution in [0.4, 0.5) is 0 Å². The predicted octanol–water partition coefficient (Wildman–Crippen LogP) is 0.109. The van der Waals surface area contributed by atoms with Crippen LogP contribution in [0.15, 0.2) is 0 Å². The highest BCUT2D eigenvalue weighted by atomic mass is 16.3. The van der Waals surface area contributed by atoms with Crippen molar-refractivity contribution in [3.63, 3.8) is 0 Å². The summed E-state index contributed by atoms with van der Waals surface area (Å²) in [4.78, 5) is 0. The molecule has 0 fully saturated rings. The van der Waals surface area contributed by atoms with Crippen LogP contribution in [0.5, 0.6) is 0 Å². The fraction of sp³-hybridized carbons (Fsp3) is 0.714. The van der Waals surface area contributed by atoms with E-state index in [1.807, 2.05) is 6.92 Å². The lowest BCUT2D eigenvalue weighted by Gasteiger charge is -1.99. The van der Waals surface area contributed by atoms with E-state index < -0.39 is 0 Å². The first-order valence-electron chi connectivity index (χ1n) is 3.13. The minimum absolute atomic E-state index is 0.0262. The zero-order valence-electron chi connectivity index (χ0n) is 5.72. The van der Waals surface area contributed by atoms with Crippen LogP contribution < -0.4 is 5.73 Å². The van der Waals surface area contributed by atoms with Crippen molar-refractivity contribution in [2.75, 3.05) is 6.61 Å². The third kappa shape index (κ3) is 5.35. The SMILES string of the molecule is CCC#CCC(N)CO. The quantitative estimate of drug-likeness (QED) is 0.517. The molecule has 0 saturated heterocycles. The summed E-state index contributed by atoms with van der Waals surface area (Å²) in [5.74, 6) is 5.72. The smallest absolute Gasteiger partial charge is 0.0591 e. The third-order valence-electron chi connectivity index (χ3n) is 0.901. The Morgan fingerprint density at radius 2 is 2.22 bits per heavy atom. The van der Waals surface area contributed by atoms with Crippen LogP contribution in [-0.2, 0) is 0 Å². The van der Waals surface area contributed by atoms with E-state index in [9.17, 15) is 0 Å². The molecule has 1 atom stereocenters. The van der Waals surface area contributed by atoms with Gasteiger partial charge in [0.2, 0.25) is 0 Å². The van der Waals surface area contributed by atoms with Crippen molar-refractivity contribution >= 4 is 0 Å². The second kappa shape index (κ2) is 5.61. The Kier molecular flexibility index (Phi) is 5.29. The monoisotopic (exact) mass is 127 g/mol. The van der Waals surface area contributed by atoms with Crippen LogP contribution >= 0.6 is 0 Å². The first-order valence-corrected chi connectivity index (χ1v) is 3.13. The molecule has 52 valence electrons. The standard InChI is InChI=1S/C7H13NO/c1-2-3-4-5-7(8)6-9/h7,9H,2,5-6,8H2,1H3. The summed E-state index contributed by atoms with van der Waals surface area (Å²) < 4.78 is 0. The fourth-order valence-electron chi connectivity index (χ4n) is 0.393. The highest BCUT2D eigenvalue weighted by Gasteiger charge is 1.93. The Bertz CT molecular complexity index is 112. The topological polar surface area (TPSA) is 46.2 Å². The molecule has 0 bridgehead atoms. The number of aliphatic hydroxyl groups is 1. The van der Waals surface area contributed by atoms with Gasteiger partial charge in [0, 0.05) is 18.9 Å². The molecule has 0 amide bonds. The summed E-state index contributed by atoms with van der Waals surface area (Å²) in [6, 6.07) is -0.163. The van der Waals surface area contributed by atoms with Gasteiger partial charge in [0.25, 0.3) is 0 Å². The molecule has 0 rings (SSSR count). The molecule has 1 unspecified atom stereocenters. The number of aliphatic hydroxyl groups excluding tert-OH is 1. The van der Waals surface area contributed by atoms with E-state index in [-0.39, 0.29) is 12.6 Å². The summed E-state index contributed by atoms with van der Waals surface area (Å²) in [5, 5.41) is 8.44. The minimum atomic E-state index is -0.163. The van der Waals surface area contributed by atoms with Crippen molar-refractivity contribution < 1.29 is 5.11 Å². The fourth-order valence-corrected chi connectivity index (χ4v) is 0.393. The maximum Gasteiger partial charge on any atom is 0.0591 e. The van der Waals surface area contributed by atoms with Crippen LogP contribution in [0.25, 0.3) is 0 Å². The Labute approximate surface area is 56.1 Å². The Balaban J connectivity index is 3.25. The van der Waals surface area contributed by atoms with Gasteiger partial charge in [0.1, 0.15) is 0 Å². The maximum absolute atomic E-state index is 8.44. The molecule has 2 nitrogen and oxygen atoms in total. The van der Waals surface area contributed by atoms with E-state index >= 15 is 0 Å². The van der Waals surface area contributed by atoms with Crippen molar-refractivity contribution in [2.24, 2.45) is 5.73 Å². The number of hydrogen-bond acceptors (Lipinski definition) is 2. The molecule has 0 aliphatic carbocycles. The predicted molar refractivity (Wildman–Crippen MR) is 37.7 cm³/mol. The summed E-state index contributed by atoms with van der Waals surface area (Å²) in [5.41, 5.74) is 5.36. The summed E-state index contributed by atoms with van der Waals surface area (Å²) in [6.07, 6.45) is 1.46. The van der Waals surface area contributed by atoms with E-state index in [1.54, 1.807) is 0 Å². The first kappa shape index (κ1) is 8.48. The van der Waals surface area contributed by atoms with Crippen LogP contribution in [0.3, 0.4) is 0 Å². The van der Waals surface area contributed by atoms with E-state index in [2.05, 4.69) is 11.8 Å². The van der Waals surface area contributed by atoms with Crippen molar-refractivity contribution in [3.05, 3.63) is 0 Å². The number of hydrogen-bond donors (Lipinski definition) is 2. The Morgan fingerprint density at radius 1 is 1.56 bits per heavy atom. The average molecular weight is 127 g/mol. The molecule has 0 aromatic rings. The molecule has 0 aliphatic heterocycles. The minimum Gasteiger partial charge on any atom is -0.395 e. The third-order valence-corrected chi connectivity index (χ3v) is 0.901. The molecular weight excluding hydrogens is 114 g/mol. The molecule has 9 heavy (non-hydrogen) atoms. The zero-order chi connectivity index (χ0) is 7.11. The van der Waals surface area contributed by atoms with Gasteiger partial charge in [-0.1, -0.05) is 6.92 Å². The van der Waals surface area contributed by atoms with Gasteiger partial charge in [-0.25, -0.2) is 0 Å². The molecular formula is C7H13NO. The molecule has 0 aromatic carbocycles. The van der Waals surface area contributed by atoms with Gasteiger partial charge in [-0.05, 0) is 0 Å². The van der Waals surface area contributed by atoms with Crippen LogP contribution in [0, 0.1) is 11.8 Å². The highest BCUT2D eigenvalue weighted by Crippen LogP contribution is 1.82. The molecule has 0 heterocycles. The molecule has 0 spiro atoms. The maximum atomic E-state index is 8.44. The van der Waals surface area contributed by atoms with Gasteiger partial charge >= 0.3 is 0 Å². The molecule has 0 saturated carbocycles. The van der Waals surface area contributed by atoms with Crippen LogP contribution in [0.2, 0.25) is 0 Å². The number of nitrogens with two attached hydrogens (primary N) is 1. The Morgan fingerprint density at radius 3 is 2.67 bits per heavy atom. The zero-order valence-corrected chi connectivity index (χ0v) is 5.72. The molecule has 2 heteroatoms. The summed E-state index contributed by atoms with van der Waals surface area (Å²) in [7, 11) is 0. The lowest BCUT2D eigenvalue weighted by atomic mass is 10.2. The van der Waals surface area contributed by atoms with Crippen molar-refractivity contribution in [3.8, 4) is 11.8 Å². The van der Waals surface area contributed by atoms with Gasteiger partial charge in [-0.15, -0.1) is 11.8 Å². The number of rotatable bonds is 2.